The van der Waals surface area contributed by atoms with Gasteiger partial charge in [0.05, 0.1) is 11.4 Å². The van der Waals surface area contributed by atoms with E-state index in [0.29, 0.717) is 12.5 Å². The zero-order valence-electron chi connectivity index (χ0n) is 9.43. The van der Waals surface area contributed by atoms with Gasteiger partial charge in [0, 0.05) is 32.6 Å². The lowest BCUT2D eigenvalue weighted by Crippen LogP contribution is -2.57. The van der Waals surface area contributed by atoms with E-state index in [0.717, 1.165) is 24.1 Å². The largest absolute Gasteiger partial charge is 0.292 e. The van der Waals surface area contributed by atoms with Crippen molar-refractivity contribution in [3.05, 3.63) is 38.4 Å². The number of thiophene rings is 1. The second-order valence-corrected chi connectivity index (χ2v) is 6.62. The summed E-state index contributed by atoms with van der Waals surface area (Å²) in [4.78, 5) is 15.6. The summed E-state index contributed by atoms with van der Waals surface area (Å²) in [5, 5.41) is 2.06. The molecule has 0 amide bonds. The van der Waals surface area contributed by atoms with E-state index in [-0.39, 0.29) is 5.54 Å². The highest BCUT2D eigenvalue weighted by atomic mass is 79.9. The third-order valence-corrected chi connectivity index (χ3v) is 5.69. The normalized spacial score (nSPS) is 32.3. The highest BCUT2D eigenvalue weighted by Crippen LogP contribution is 2.49. The molecule has 2 atom stereocenters. The van der Waals surface area contributed by atoms with Crippen molar-refractivity contribution in [1.82, 2.24) is 4.90 Å². The molecule has 3 nitrogen and oxygen atoms in total. The predicted molar refractivity (Wildman–Crippen MR) is 72.3 cm³/mol. The van der Waals surface area contributed by atoms with Crippen molar-refractivity contribution < 1.29 is 4.76 Å². The standard InChI is InChI=1S/C12H14BrN2OS/c1-2-3-14-5-9-6-15(16)12(9,8-14)11-4-10(13)7-17-11/h2,4,7,9H,1,3,5-6,8H2/q+1. The molecule has 2 aliphatic rings. The van der Waals surface area contributed by atoms with E-state index < -0.39 is 0 Å². The van der Waals surface area contributed by atoms with Gasteiger partial charge in [0.15, 0.2) is 0 Å². The highest BCUT2D eigenvalue weighted by Gasteiger charge is 2.69. The zero-order chi connectivity index (χ0) is 12.0. The van der Waals surface area contributed by atoms with Crippen LogP contribution >= 0.6 is 27.3 Å². The summed E-state index contributed by atoms with van der Waals surface area (Å²) in [6.07, 6.45) is 1.91. The second kappa shape index (κ2) is 4.00. The first kappa shape index (κ1) is 11.6. The van der Waals surface area contributed by atoms with Gasteiger partial charge in [0.1, 0.15) is 5.92 Å². The van der Waals surface area contributed by atoms with Gasteiger partial charge in [-0.05, 0) is 22.0 Å². The maximum absolute atomic E-state index is 12.0. The van der Waals surface area contributed by atoms with Crippen molar-refractivity contribution in [2.45, 2.75) is 5.54 Å². The Morgan fingerprint density at radius 1 is 1.76 bits per heavy atom. The number of nitrogens with zero attached hydrogens (tertiary/aromatic N) is 2. The van der Waals surface area contributed by atoms with Gasteiger partial charge in [-0.25, -0.2) is 0 Å². The number of rotatable bonds is 3. The fourth-order valence-corrected chi connectivity index (χ4v) is 4.70. The molecule has 5 heteroatoms. The van der Waals surface area contributed by atoms with Crippen molar-refractivity contribution in [2.24, 2.45) is 5.92 Å². The molecule has 2 fully saturated rings. The zero-order valence-corrected chi connectivity index (χ0v) is 11.8. The summed E-state index contributed by atoms with van der Waals surface area (Å²) in [5.41, 5.74) is -0.278. The van der Waals surface area contributed by atoms with Crippen LogP contribution in [-0.4, -0.2) is 35.8 Å². The van der Waals surface area contributed by atoms with E-state index in [1.165, 1.54) is 9.64 Å². The minimum atomic E-state index is -0.278. The van der Waals surface area contributed by atoms with Gasteiger partial charge < -0.3 is 0 Å². The maximum atomic E-state index is 12.0. The molecule has 0 bridgehead atoms. The lowest BCUT2D eigenvalue weighted by molar-refractivity contribution is -0.710. The summed E-state index contributed by atoms with van der Waals surface area (Å²) in [6.45, 7) is 7.17. The van der Waals surface area contributed by atoms with E-state index in [1.54, 1.807) is 11.3 Å². The van der Waals surface area contributed by atoms with Gasteiger partial charge in [-0.3, -0.25) is 4.90 Å². The van der Waals surface area contributed by atoms with Crippen molar-refractivity contribution in [3.63, 3.8) is 0 Å². The van der Waals surface area contributed by atoms with Gasteiger partial charge in [0.25, 0.3) is 5.54 Å². The molecule has 2 unspecified atom stereocenters. The molecule has 1 aromatic rings. The van der Waals surface area contributed by atoms with E-state index in [4.69, 9.17) is 0 Å². The van der Waals surface area contributed by atoms with Crippen LogP contribution in [0.1, 0.15) is 4.88 Å². The van der Waals surface area contributed by atoms with Crippen LogP contribution in [-0.2, 0) is 5.54 Å². The van der Waals surface area contributed by atoms with Gasteiger partial charge in [-0.1, -0.05) is 6.08 Å². The van der Waals surface area contributed by atoms with Gasteiger partial charge in [-0.2, -0.15) is 0 Å². The molecular formula is C12H14BrN2OS+. The number of hydrogen-bond donors (Lipinski definition) is 0. The Balaban J connectivity index is 1.94. The Morgan fingerprint density at radius 2 is 2.59 bits per heavy atom. The molecular weight excluding hydrogens is 300 g/mol. The van der Waals surface area contributed by atoms with Crippen LogP contribution in [0, 0.1) is 10.8 Å². The van der Waals surface area contributed by atoms with Gasteiger partial charge in [0.2, 0.25) is 6.54 Å². The topological polar surface area (TPSA) is 23.3 Å². The summed E-state index contributed by atoms with van der Waals surface area (Å²) < 4.78 is 2.34. The van der Waals surface area contributed by atoms with Crippen molar-refractivity contribution in [2.75, 3.05) is 26.2 Å². The average molecular weight is 314 g/mol. The van der Waals surface area contributed by atoms with Crippen LogP contribution in [0.25, 0.3) is 0 Å². The first-order valence-corrected chi connectivity index (χ1v) is 7.36. The van der Waals surface area contributed by atoms with E-state index in [9.17, 15) is 4.91 Å². The molecule has 3 rings (SSSR count). The first-order valence-electron chi connectivity index (χ1n) is 5.69. The second-order valence-electron chi connectivity index (χ2n) is 4.79. The van der Waals surface area contributed by atoms with E-state index >= 15 is 0 Å². The van der Waals surface area contributed by atoms with Crippen LogP contribution in [0.4, 0.5) is 0 Å². The predicted octanol–water partition coefficient (Wildman–Crippen LogP) is 2.62. The Hall–Kier alpha value is -0.520. The number of halogens is 1. The molecule has 2 saturated heterocycles. The van der Waals surface area contributed by atoms with E-state index in [1.807, 2.05) is 6.08 Å². The summed E-state index contributed by atoms with van der Waals surface area (Å²) in [6, 6.07) is 2.10. The molecule has 2 aliphatic heterocycles. The highest BCUT2D eigenvalue weighted by molar-refractivity contribution is 9.10. The number of nitroso groups, excluding NO2 is 1. The summed E-state index contributed by atoms with van der Waals surface area (Å²) in [7, 11) is 0. The molecule has 0 radical (unpaired) electrons. The molecule has 1 aromatic heterocycles. The van der Waals surface area contributed by atoms with Gasteiger partial charge in [-0.15, -0.1) is 17.9 Å². The Bertz CT molecular complexity index is 487. The van der Waals surface area contributed by atoms with Crippen LogP contribution in [0.15, 0.2) is 28.6 Å². The van der Waals surface area contributed by atoms with Crippen molar-refractivity contribution in [1.29, 1.82) is 0 Å². The van der Waals surface area contributed by atoms with E-state index in [2.05, 4.69) is 38.9 Å². The number of likely N-dealkylation sites (tertiary alicyclic amines) is 1. The number of hydrogen-bond acceptors (Lipinski definition) is 3. The van der Waals surface area contributed by atoms with Crippen LogP contribution in [0.3, 0.4) is 0 Å². The van der Waals surface area contributed by atoms with Crippen LogP contribution in [0.2, 0.25) is 0 Å². The fourth-order valence-electron chi connectivity index (χ4n) is 3.00. The molecule has 0 aromatic carbocycles. The third-order valence-electron chi connectivity index (χ3n) is 3.83. The van der Waals surface area contributed by atoms with Crippen molar-refractivity contribution >= 4 is 27.3 Å². The number of fused-ring (bicyclic) bond motifs is 1. The summed E-state index contributed by atoms with van der Waals surface area (Å²) >= 11 is 5.16. The lowest BCUT2D eigenvalue weighted by Gasteiger charge is -2.32. The third kappa shape index (κ3) is 1.56. The SMILES string of the molecule is C=CCN1CC2C[N+](=O)C2(c2cc(Br)cs2)C1. The van der Waals surface area contributed by atoms with Crippen LogP contribution < -0.4 is 0 Å². The maximum Gasteiger partial charge on any atom is 0.267 e. The van der Waals surface area contributed by atoms with Gasteiger partial charge >= 0.3 is 0 Å². The minimum Gasteiger partial charge on any atom is -0.292 e. The quantitative estimate of drug-likeness (QED) is 0.632. The van der Waals surface area contributed by atoms with Crippen molar-refractivity contribution in [3.8, 4) is 0 Å². The first-order chi connectivity index (χ1) is 8.16. The Morgan fingerprint density at radius 3 is 3.18 bits per heavy atom. The van der Waals surface area contributed by atoms with Crippen LogP contribution in [0.5, 0.6) is 0 Å². The molecule has 17 heavy (non-hydrogen) atoms. The lowest BCUT2D eigenvalue weighted by atomic mass is 9.78. The summed E-state index contributed by atoms with van der Waals surface area (Å²) in [5.74, 6) is 0.477. The Labute approximate surface area is 113 Å². The molecule has 0 N–H and O–H groups in total. The fraction of sp³-hybridized carbons (Fsp3) is 0.500. The molecule has 0 aliphatic carbocycles. The monoisotopic (exact) mass is 313 g/mol. The average Bonchev–Trinajstić information content (AvgIpc) is 2.82. The molecule has 0 saturated carbocycles. The molecule has 0 spiro atoms. The minimum absolute atomic E-state index is 0.278. The molecule has 3 heterocycles. The molecule has 90 valence electrons. The smallest absolute Gasteiger partial charge is 0.267 e. The Kier molecular flexibility index (Phi) is 2.72.